The van der Waals surface area contributed by atoms with Crippen molar-refractivity contribution in [2.45, 2.75) is 16.8 Å². The van der Waals surface area contributed by atoms with Gasteiger partial charge in [-0.2, -0.15) is 0 Å². The minimum absolute atomic E-state index is 0.100. The molecule has 0 unspecified atom stereocenters. The average molecular weight is 309 g/mol. The van der Waals surface area contributed by atoms with Crippen LogP contribution in [0.1, 0.15) is 17.3 Å². The van der Waals surface area contributed by atoms with Gasteiger partial charge in [0.1, 0.15) is 5.03 Å². The number of benzene rings is 1. The molecule has 0 N–H and O–H groups in total. The maximum Gasteiger partial charge on any atom is 0.281 e. The zero-order valence-electron chi connectivity index (χ0n) is 10.4. The van der Waals surface area contributed by atoms with Gasteiger partial charge >= 0.3 is 0 Å². The Morgan fingerprint density at radius 1 is 1.35 bits per heavy atom. The van der Waals surface area contributed by atoms with E-state index in [2.05, 4.69) is 4.98 Å². The van der Waals surface area contributed by atoms with Gasteiger partial charge in [-0.05, 0) is 31.2 Å². The molecule has 20 heavy (non-hydrogen) atoms. The van der Waals surface area contributed by atoms with E-state index in [0.717, 1.165) is 0 Å². The van der Waals surface area contributed by atoms with Gasteiger partial charge in [-0.1, -0.05) is 23.4 Å². The van der Waals surface area contributed by atoms with E-state index in [-0.39, 0.29) is 17.0 Å². The zero-order valence-corrected chi connectivity index (χ0v) is 11.9. The highest BCUT2D eigenvalue weighted by Crippen LogP contribution is 2.31. The Bertz CT molecular complexity index is 674. The summed E-state index contributed by atoms with van der Waals surface area (Å²) in [7, 11) is 0. The van der Waals surface area contributed by atoms with Crippen molar-refractivity contribution in [2.75, 3.05) is 0 Å². The van der Waals surface area contributed by atoms with Crippen LogP contribution < -0.4 is 0 Å². The van der Waals surface area contributed by atoms with Gasteiger partial charge in [0.15, 0.2) is 5.78 Å². The molecule has 0 saturated carbocycles. The van der Waals surface area contributed by atoms with Crippen LogP contribution >= 0.6 is 23.4 Å². The molecular weight excluding hydrogens is 300 g/mol. The summed E-state index contributed by atoms with van der Waals surface area (Å²) in [6.07, 6.45) is 1.50. The highest BCUT2D eigenvalue weighted by Gasteiger charge is 2.18. The van der Waals surface area contributed by atoms with E-state index in [1.165, 1.54) is 37.0 Å². The molecule has 0 amide bonds. The first kappa shape index (κ1) is 14.5. The van der Waals surface area contributed by atoms with Crippen LogP contribution in [0.4, 0.5) is 5.69 Å². The van der Waals surface area contributed by atoms with Crippen LogP contribution in [0.25, 0.3) is 0 Å². The van der Waals surface area contributed by atoms with Crippen LogP contribution in [-0.4, -0.2) is 15.7 Å². The fourth-order valence-corrected chi connectivity index (χ4v) is 2.47. The number of nitro groups is 1. The van der Waals surface area contributed by atoms with E-state index >= 15 is 0 Å². The third-order valence-corrected chi connectivity index (χ3v) is 3.63. The molecular formula is C13H9ClN2O3S. The second-order valence-electron chi connectivity index (χ2n) is 3.91. The maximum atomic E-state index is 11.3. The van der Waals surface area contributed by atoms with Crippen LogP contribution in [0.3, 0.4) is 0 Å². The molecule has 2 aromatic rings. The van der Waals surface area contributed by atoms with E-state index in [0.29, 0.717) is 14.9 Å². The van der Waals surface area contributed by atoms with Crippen LogP contribution in [-0.2, 0) is 0 Å². The summed E-state index contributed by atoms with van der Waals surface area (Å²) in [6.45, 7) is 1.30. The van der Waals surface area contributed by atoms with Crippen molar-refractivity contribution in [3.63, 3.8) is 0 Å². The number of aromatic nitrogens is 1. The molecule has 5 nitrogen and oxygen atoms in total. The maximum absolute atomic E-state index is 11.3. The number of halogens is 1. The van der Waals surface area contributed by atoms with Gasteiger partial charge < -0.3 is 0 Å². The highest BCUT2D eigenvalue weighted by molar-refractivity contribution is 7.99. The smallest absolute Gasteiger partial charge is 0.281 e. The Kier molecular flexibility index (Phi) is 4.36. The van der Waals surface area contributed by atoms with Crippen LogP contribution in [0, 0.1) is 10.1 Å². The number of rotatable bonds is 4. The molecule has 0 aliphatic carbocycles. The Morgan fingerprint density at radius 3 is 2.65 bits per heavy atom. The lowest BCUT2D eigenvalue weighted by Crippen LogP contribution is -2.00. The number of nitrogens with zero attached hydrogens (tertiary/aromatic N) is 2. The molecule has 1 aromatic heterocycles. The summed E-state index contributed by atoms with van der Waals surface area (Å²) in [5, 5.41) is 12.2. The normalized spacial score (nSPS) is 10.3. The second-order valence-corrected chi connectivity index (χ2v) is 5.44. The van der Waals surface area contributed by atoms with Crippen molar-refractivity contribution in [3.8, 4) is 0 Å². The molecule has 0 aliphatic rings. The third kappa shape index (κ3) is 3.34. The van der Waals surface area contributed by atoms with Gasteiger partial charge in [0, 0.05) is 17.2 Å². The molecule has 0 atom stereocenters. The summed E-state index contributed by atoms with van der Waals surface area (Å²) in [5.41, 5.74) is -0.0973. The molecule has 0 aliphatic heterocycles. The van der Waals surface area contributed by atoms with Crippen molar-refractivity contribution in [1.29, 1.82) is 0 Å². The molecule has 0 bridgehead atoms. The van der Waals surface area contributed by atoms with Gasteiger partial charge in [-0.3, -0.25) is 14.9 Å². The van der Waals surface area contributed by atoms with Crippen molar-refractivity contribution in [3.05, 3.63) is 57.2 Å². The number of Topliss-reactive ketones (excluding diaryl/α,β-unsaturated/α-hetero) is 1. The van der Waals surface area contributed by atoms with Crippen molar-refractivity contribution in [1.82, 2.24) is 4.98 Å². The van der Waals surface area contributed by atoms with Crippen LogP contribution in [0.2, 0.25) is 5.02 Å². The minimum atomic E-state index is -0.559. The van der Waals surface area contributed by atoms with E-state index in [4.69, 9.17) is 11.6 Å². The van der Waals surface area contributed by atoms with Gasteiger partial charge in [0.25, 0.3) is 5.69 Å². The summed E-state index contributed by atoms with van der Waals surface area (Å²) in [6, 6.07) is 7.90. The number of carbonyl (C=O) groups excluding carboxylic acids is 1. The number of carbonyl (C=O) groups is 1. The lowest BCUT2D eigenvalue weighted by molar-refractivity contribution is -0.385. The average Bonchev–Trinajstić information content (AvgIpc) is 2.41. The molecule has 0 fully saturated rings. The van der Waals surface area contributed by atoms with Gasteiger partial charge in [-0.25, -0.2) is 4.98 Å². The monoisotopic (exact) mass is 308 g/mol. The fourth-order valence-electron chi connectivity index (χ4n) is 1.57. The molecule has 102 valence electrons. The largest absolute Gasteiger partial charge is 0.294 e. The van der Waals surface area contributed by atoms with E-state index in [9.17, 15) is 14.9 Å². The van der Waals surface area contributed by atoms with E-state index < -0.39 is 4.92 Å². The predicted octanol–water partition coefficient (Wildman–Crippen LogP) is 4.00. The van der Waals surface area contributed by atoms with Crippen LogP contribution in [0.15, 0.2) is 46.5 Å². The standard InChI is InChI=1S/C13H9ClN2O3S/c1-8(17)11-4-3-10(6-12(11)16(18)19)20-13-5-2-9(14)7-15-13/h2-7H,1H3. The highest BCUT2D eigenvalue weighted by atomic mass is 35.5. The van der Waals surface area contributed by atoms with Crippen LogP contribution in [0.5, 0.6) is 0 Å². The summed E-state index contributed by atoms with van der Waals surface area (Å²) < 4.78 is 0. The van der Waals surface area contributed by atoms with E-state index in [1.54, 1.807) is 18.2 Å². The number of ketones is 1. The summed E-state index contributed by atoms with van der Waals surface area (Å²) >= 11 is 7.00. The fraction of sp³-hybridized carbons (Fsp3) is 0.0769. The molecule has 7 heteroatoms. The van der Waals surface area contributed by atoms with Gasteiger partial charge in [0.2, 0.25) is 0 Å². The molecule has 0 radical (unpaired) electrons. The first-order chi connectivity index (χ1) is 9.47. The van der Waals surface area contributed by atoms with Crippen molar-refractivity contribution < 1.29 is 9.72 Å². The minimum Gasteiger partial charge on any atom is -0.294 e. The quantitative estimate of drug-likeness (QED) is 0.485. The van der Waals surface area contributed by atoms with Gasteiger partial charge in [0.05, 0.1) is 15.5 Å². The number of hydrogen-bond donors (Lipinski definition) is 0. The first-order valence-corrected chi connectivity index (χ1v) is 6.75. The predicted molar refractivity (Wildman–Crippen MR) is 76.5 cm³/mol. The lowest BCUT2D eigenvalue weighted by Gasteiger charge is -2.03. The SMILES string of the molecule is CC(=O)c1ccc(Sc2ccc(Cl)cn2)cc1[N+](=O)[O-]. The number of hydrogen-bond acceptors (Lipinski definition) is 5. The number of pyridine rings is 1. The summed E-state index contributed by atoms with van der Waals surface area (Å²) in [4.78, 5) is 26.5. The molecule has 1 aromatic carbocycles. The lowest BCUT2D eigenvalue weighted by atomic mass is 10.1. The van der Waals surface area contributed by atoms with E-state index in [1.807, 2.05) is 0 Å². The molecule has 1 heterocycles. The Morgan fingerprint density at radius 2 is 2.10 bits per heavy atom. The Labute approximate surface area is 124 Å². The third-order valence-electron chi connectivity index (χ3n) is 2.47. The Balaban J connectivity index is 2.34. The van der Waals surface area contributed by atoms with Crippen molar-refractivity contribution in [2.24, 2.45) is 0 Å². The molecule has 0 spiro atoms. The topological polar surface area (TPSA) is 73.1 Å². The van der Waals surface area contributed by atoms with Gasteiger partial charge in [-0.15, -0.1) is 0 Å². The zero-order chi connectivity index (χ0) is 14.7. The summed E-state index contributed by atoms with van der Waals surface area (Å²) in [5.74, 6) is -0.335. The molecule has 0 saturated heterocycles. The number of nitro benzene ring substituents is 1. The second kappa shape index (κ2) is 6.02. The van der Waals surface area contributed by atoms with Crippen molar-refractivity contribution >= 4 is 34.8 Å². The molecule has 2 rings (SSSR count). The Hall–Kier alpha value is -1.92. The first-order valence-electron chi connectivity index (χ1n) is 5.56.